The zero-order valence-corrected chi connectivity index (χ0v) is 20.9. The number of urea groups is 1. The Labute approximate surface area is 217 Å². The Balaban J connectivity index is 1.84. The van der Waals surface area contributed by atoms with Crippen LogP contribution >= 0.6 is 0 Å². The van der Waals surface area contributed by atoms with E-state index >= 15 is 0 Å². The van der Waals surface area contributed by atoms with Gasteiger partial charge >= 0.3 is 12.2 Å². The van der Waals surface area contributed by atoms with Crippen molar-refractivity contribution in [3.63, 3.8) is 0 Å². The highest BCUT2D eigenvalue weighted by atomic mass is 19.4. The predicted octanol–water partition coefficient (Wildman–Crippen LogP) is 4.46. The first-order chi connectivity index (χ1) is 18.1. The number of carbonyl (C=O) groups is 2. The van der Waals surface area contributed by atoms with Gasteiger partial charge < -0.3 is 20.6 Å². The third-order valence-electron chi connectivity index (χ3n) is 6.08. The molecule has 38 heavy (non-hydrogen) atoms. The SMILES string of the molecule is CC(C)NC(=O)N1Cc2cc(C(=O)NCC(F)(F)F)nc(-c3cccc(-c4cccnc4)c3)c2[C@H]1CCO. The molecule has 0 unspecified atom stereocenters. The van der Waals surface area contributed by atoms with Crippen molar-refractivity contribution in [1.29, 1.82) is 0 Å². The molecule has 0 bridgehead atoms. The van der Waals surface area contributed by atoms with Gasteiger partial charge in [0.1, 0.15) is 12.2 Å². The summed E-state index contributed by atoms with van der Waals surface area (Å²) in [4.78, 5) is 35.9. The summed E-state index contributed by atoms with van der Waals surface area (Å²) in [6.07, 6.45) is -1.01. The Morgan fingerprint density at radius 1 is 1.13 bits per heavy atom. The third kappa shape index (κ3) is 6.10. The molecule has 3 heterocycles. The summed E-state index contributed by atoms with van der Waals surface area (Å²) in [6, 6.07) is 11.4. The number of aliphatic hydroxyl groups excluding tert-OH is 1. The summed E-state index contributed by atoms with van der Waals surface area (Å²) in [5.74, 6) is -0.974. The van der Waals surface area contributed by atoms with E-state index in [1.165, 1.54) is 6.07 Å². The number of benzene rings is 1. The van der Waals surface area contributed by atoms with Gasteiger partial charge in [-0.2, -0.15) is 13.2 Å². The molecule has 0 radical (unpaired) electrons. The van der Waals surface area contributed by atoms with Crippen LogP contribution in [-0.2, 0) is 6.54 Å². The van der Waals surface area contributed by atoms with Crippen LogP contribution in [0.15, 0.2) is 54.9 Å². The molecule has 0 spiro atoms. The second kappa shape index (κ2) is 11.2. The molecule has 8 nitrogen and oxygen atoms in total. The van der Waals surface area contributed by atoms with E-state index in [0.717, 1.165) is 11.1 Å². The minimum absolute atomic E-state index is 0.107. The van der Waals surface area contributed by atoms with E-state index in [2.05, 4.69) is 15.3 Å². The van der Waals surface area contributed by atoms with Crippen LogP contribution in [-0.4, -0.2) is 57.3 Å². The average molecular weight is 528 g/mol. The van der Waals surface area contributed by atoms with E-state index < -0.39 is 24.7 Å². The molecular weight excluding hydrogens is 499 g/mol. The number of alkyl halides is 3. The smallest absolute Gasteiger partial charge is 0.396 e. The minimum Gasteiger partial charge on any atom is -0.396 e. The van der Waals surface area contributed by atoms with Gasteiger partial charge in [-0.3, -0.25) is 9.78 Å². The highest BCUT2D eigenvalue weighted by Crippen LogP contribution is 2.42. The summed E-state index contributed by atoms with van der Waals surface area (Å²) in [6.45, 7) is 2.05. The van der Waals surface area contributed by atoms with Crippen LogP contribution in [0.25, 0.3) is 22.4 Å². The van der Waals surface area contributed by atoms with E-state index in [0.29, 0.717) is 22.4 Å². The van der Waals surface area contributed by atoms with Gasteiger partial charge in [-0.1, -0.05) is 24.3 Å². The maximum atomic E-state index is 13.0. The molecule has 11 heteroatoms. The molecule has 1 atom stereocenters. The fourth-order valence-electron chi connectivity index (χ4n) is 4.51. The van der Waals surface area contributed by atoms with Crippen molar-refractivity contribution in [2.45, 2.75) is 45.1 Å². The van der Waals surface area contributed by atoms with E-state index in [4.69, 9.17) is 0 Å². The molecule has 0 saturated carbocycles. The quantitative estimate of drug-likeness (QED) is 0.421. The normalized spacial score (nSPS) is 14.9. The lowest BCUT2D eigenvalue weighted by atomic mass is 9.94. The lowest BCUT2D eigenvalue weighted by Crippen LogP contribution is -2.42. The van der Waals surface area contributed by atoms with Gasteiger partial charge in [0.25, 0.3) is 5.91 Å². The Hall–Kier alpha value is -3.99. The van der Waals surface area contributed by atoms with Gasteiger partial charge in [0.2, 0.25) is 0 Å². The number of carbonyl (C=O) groups excluding carboxylic acids is 2. The van der Waals surface area contributed by atoms with E-state index in [-0.39, 0.29) is 37.3 Å². The molecule has 3 amide bonds. The monoisotopic (exact) mass is 527 g/mol. The fourth-order valence-corrected chi connectivity index (χ4v) is 4.51. The first-order valence-electron chi connectivity index (χ1n) is 12.1. The maximum absolute atomic E-state index is 13.0. The number of fused-ring (bicyclic) bond motifs is 1. The van der Waals surface area contributed by atoms with Gasteiger partial charge in [-0.15, -0.1) is 0 Å². The molecule has 1 aliphatic heterocycles. The molecule has 0 aliphatic carbocycles. The molecule has 1 aromatic carbocycles. The standard InChI is InChI=1S/C27H28F3N5O3/c1-16(2)33-26(38)35-14-20-12-21(25(37)32-15-27(28,29)30)34-24(23(20)22(35)8-10-36)18-6-3-5-17(11-18)19-7-4-9-31-13-19/h3-7,9,11-13,16,22,36H,8,10,14-15H2,1-2H3,(H,32,37)(H,33,38)/t22-/m1/s1. The zero-order chi connectivity index (χ0) is 27.4. The summed E-state index contributed by atoms with van der Waals surface area (Å²) < 4.78 is 38.3. The minimum atomic E-state index is -4.58. The molecule has 0 saturated heterocycles. The molecule has 200 valence electrons. The van der Waals surface area contributed by atoms with E-state index in [9.17, 15) is 27.9 Å². The van der Waals surface area contributed by atoms with Crippen molar-refractivity contribution in [2.24, 2.45) is 0 Å². The number of amides is 3. The van der Waals surface area contributed by atoms with Crippen molar-refractivity contribution >= 4 is 11.9 Å². The van der Waals surface area contributed by atoms with Crippen LogP contribution in [0, 0.1) is 0 Å². The fraction of sp³-hybridized carbons (Fsp3) is 0.333. The zero-order valence-electron chi connectivity index (χ0n) is 20.9. The van der Waals surface area contributed by atoms with Crippen molar-refractivity contribution in [3.05, 3.63) is 71.7 Å². The van der Waals surface area contributed by atoms with Crippen LogP contribution in [0.5, 0.6) is 0 Å². The first-order valence-corrected chi connectivity index (χ1v) is 12.1. The van der Waals surface area contributed by atoms with Crippen LogP contribution in [0.3, 0.4) is 0 Å². The largest absolute Gasteiger partial charge is 0.405 e. The van der Waals surface area contributed by atoms with Gasteiger partial charge in [0.05, 0.1) is 11.7 Å². The number of rotatable bonds is 7. The summed E-state index contributed by atoms with van der Waals surface area (Å²) in [5.41, 5.74) is 3.68. The first kappa shape index (κ1) is 27.1. The molecule has 0 fully saturated rings. The van der Waals surface area contributed by atoms with Crippen molar-refractivity contribution in [1.82, 2.24) is 25.5 Å². The number of pyridine rings is 2. The number of nitrogens with zero attached hydrogens (tertiary/aromatic N) is 3. The Bertz CT molecular complexity index is 1320. The predicted molar refractivity (Wildman–Crippen MR) is 135 cm³/mol. The van der Waals surface area contributed by atoms with Crippen LogP contribution in [0.2, 0.25) is 0 Å². The molecule has 3 N–H and O–H groups in total. The number of aromatic nitrogens is 2. The second-order valence-electron chi connectivity index (χ2n) is 9.31. The number of aliphatic hydroxyl groups is 1. The van der Waals surface area contributed by atoms with E-state index in [1.54, 1.807) is 35.5 Å². The van der Waals surface area contributed by atoms with Gasteiger partial charge in [-0.25, -0.2) is 9.78 Å². The Morgan fingerprint density at radius 3 is 2.53 bits per heavy atom. The van der Waals surface area contributed by atoms with Crippen LogP contribution in [0.1, 0.15) is 47.9 Å². The van der Waals surface area contributed by atoms with E-state index in [1.807, 2.05) is 37.4 Å². The lowest BCUT2D eigenvalue weighted by molar-refractivity contribution is -0.123. The maximum Gasteiger partial charge on any atom is 0.405 e. The Kier molecular flexibility index (Phi) is 7.96. The summed E-state index contributed by atoms with van der Waals surface area (Å²) in [7, 11) is 0. The van der Waals surface area contributed by atoms with Crippen molar-refractivity contribution < 1.29 is 27.9 Å². The lowest BCUT2D eigenvalue weighted by Gasteiger charge is -2.26. The summed E-state index contributed by atoms with van der Waals surface area (Å²) in [5, 5.41) is 14.5. The van der Waals surface area contributed by atoms with Gasteiger partial charge in [0, 0.05) is 48.3 Å². The third-order valence-corrected chi connectivity index (χ3v) is 6.08. The highest BCUT2D eigenvalue weighted by molar-refractivity contribution is 5.94. The average Bonchev–Trinajstić information content (AvgIpc) is 3.25. The number of nitrogens with one attached hydrogen (secondary N) is 2. The highest BCUT2D eigenvalue weighted by Gasteiger charge is 2.37. The molecule has 2 aromatic heterocycles. The second-order valence-corrected chi connectivity index (χ2v) is 9.31. The molecule has 4 rings (SSSR count). The number of hydrogen-bond donors (Lipinski definition) is 3. The topological polar surface area (TPSA) is 107 Å². The Morgan fingerprint density at radius 2 is 1.87 bits per heavy atom. The van der Waals surface area contributed by atoms with Crippen molar-refractivity contribution in [2.75, 3.05) is 13.2 Å². The van der Waals surface area contributed by atoms with Gasteiger partial charge in [0.15, 0.2) is 0 Å². The van der Waals surface area contributed by atoms with Crippen LogP contribution in [0.4, 0.5) is 18.0 Å². The molecular formula is C27H28F3N5O3. The van der Waals surface area contributed by atoms with Gasteiger partial charge in [-0.05, 0) is 49.6 Å². The number of hydrogen-bond acceptors (Lipinski definition) is 5. The number of halogens is 3. The molecule has 3 aromatic rings. The molecule has 1 aliphatic rings. The van der Waals surface area contributed by atoms with Crippen molar-refractivity contribution in [3.8, 4) is 22.4 Å². The summed E-state index contributed by atoms with van der Waals surface area (Å²) >= 11 is 0. The van der Waals surface area contributed by atoms with Crippen LogP contribution < -0.4 is 10.6 Å².